The van der Waals surface area contributed by atoms with Gasteiger partial charge in [-0.2, -0.15) is 0 Å². The van der Waals surface area contributed by atoms with E-state index in [1.165, 1.54) is 18.2 Å². The Morgan fingerprint density at radius 2 is 1.74 bits per heavy atom. The maximum Gasteiger partial charge on any atom is 0.326 e. The number of urea groups is 1. The Balaban J connectivity index is 1.64. The van der Waals surface area contributed by atoms with Crippen molar-refractivity contribution in [3.8, 4) is 0 Å². The van der Waals surface area contributed by atoms with Crippen LogP contribution < -0.4 is 14.5 Å². The molecular weight excluding hydrogens is 549 g/mol. The van der Waals surface area contributed by atoms with Gasteiger partial charge in [0.15, 0.2) is 0 Å². The molecule has 38 heavy (non-hydrogen) atoms. The number of benzene rings is 3. The molecule has 3 aromatic carbocycles. The predicted molar refractivity (Wildman–Crippen MR) is 150 cm³/mol. The molecule has 0 aliphatic carbocycles. The average Bonchev–Trinajstić information content (AvgIpc) is 3.31. The summed E-state index contributed by atoms with van der Waals surface area (Å²) in [6.45, 7) is 2.05. The second-order valence-electron chi connectivity index (χ2n) is 8.70. The first-order valence-electron chi connectivity index (χ1n) is 12.1. The number of nitrogens with one attached hydrogen (secondary N) is 1. The Kier molecular flexibility index (Phi) is 8.81. The van der Waals surface area contributed by atoms with Gasteiger partial charge in [0.1, 0.15) is 6.54 Å². The van der Waals surface area contributed by atoms with Gasteiger partial charge in [-0.15, -0.1) is 0 Å². The third kappa shape index (κ3) is 6.40. The van der Waals surface area contributed by atoms with Crippen LogP contribution >= 0.6 is 23.2 Å². The Labute approximate surface area is 232 Å². The molecule has 1 aliphatic heterocycles. The van der Waals surface area contributed by atoms with Crippen LogP contribution in [0.25, 0.3) is 0 Å². The molecule has 2 amide bonds. The van der Waals surface area contributed by atoms with E-state index in [-0.39, 0.29) is 33.3 Å². The van der Waals surface area contributed by atoms with Crippen LogP contribution in [0.2, 0.25) is 10.0 Å². The van der Waals surface area contributed by atoms with Crippen molar-refractivity contribution in [2.75, 3.05) is 34.2 Å². The van der Waals surface area contributed by atoms with Crippen molar-refractivity contribution in [2.45, 2.75) is 31.1 Å². The lowest BCUT2D eigenvalue weighted by Gasteiger charge is -2.25. The molecule has 0 bridgehead atoms. The Morgan fingerprint density at radius 1 is 1.03 bits per heavy atom. The third-order valence-electron chi connectivity index (χ3n) is 5.97. The minimum Gasteiger partial charge on any atom is -0.464 e. The topological polar surface area (TPSA) is 96.0 Å². The normalized spacial score (nSPS) is 12.7. The molecule has 0 saturated heterocycles. The van der Waals surface area contributed by atoms with Gasteiger partial charge in [-0.3, -0.25) is 14.0 Å². The number of rotatable bonds is 9. The maximum absolute atomic E-state index is 13.7. The SMILES string of the molecule is CCCCOC(=O)CN(c1ccc2c(c1)CCN2C(=O)Nc1ccccc1)S(=O)(=O)c1cc(Cl)cc(Cl)c1. The highest BCUT2D eigenvalue weighted by atomic mass is 35.5. The van der Waals surface area contributed by atoms with Gasteiger partial charge in [-0.1, -0.05) is 54.7 Å². The van der Waals surface area contributed by atoms with Crippen LogP contribution in [0, 0.1) is 0 Å². The Hall–Kier alpha value is -3.27. The van der Waals surface area contributed by atoms with E-state index < -0.39 is 22.5 Å². The van der Waals surface area contributed by atoms with Crippen LogP contribution in [-0.2, 0) is 26.0 Å². The average molecular weight is 577 g/mol. The Morgan fingerprint density at radius 3 is 2.42 bits per heavy atom. The summed E-state index contributed by atoms with van der Waals surface area (Å²) in [6.07, 6.45) is 2.01. The lowest BCUT2D eigenvalue weighted by Crippen LogP contribution is -2.37. The molecule has 1 heterocycles. The molecule has 1 N–H and O–H groups in total. The number of unbranched alkanes of at least 4 members (excludes halogenated alkanes) is 1. The number of hydrogen-bond acceptors (Lipinski definition) is 5. The molecule has 200 valence electrons. The lowest BCUT2D eigenvalue weighted by atomic mass is 10.1. The van der Waals surface area contributed by atoms with E-state index in [2.05, 4.69) is 5.32 Å². The number of halogens is 2. The zero-order valence-corrected chi connectivity index (χ0v) is 23.0. The molecule has 0 atom stereocenters. The standard InChI is InChI=1S/C27H27Cl2N3O5S/c1-2-3-13-37-26(33)18-32(38(35,36)24-16-20(28)15-21(29)17-24)23-9-10-25-19(14-23)11-12-31(25)27(34)30-22-7-5-4-6-8-22/h4-10,14-17H,2-3,11-13,18H2,1H3,(H,30,34). The summed E-state index contributed by atoms with van der Waals surface area (Å²) in [5, 5.41) is 3.16. The number of hydrogen-bond donors (Lipinski definition) is 1. The summed E-state index contributed by atoms with van der Waals surface area (Å²) in [7, 11) is -4.24. The first-order chi connectivity index (χ1) is 18.2. The largest absolute Gasteiger partial charge is 0.464 e. The number of esters is 1. The first kappa shape index (κ1) is 27.8. The minimum atomic E-state index is -4.24. The number of fused-ring (bicyclic) bond motifs is 1. The van der Waals surface area contributed by atoms with Gasteiger partial charge in [-0.05, 0) is 66.9 Å². The van der Waals surface area contributed by atoms with Gasteiger partial charge in [0.25, 0.3) is 10.0 Å². The highest BCUT2D eigenvalue weighted by Crippen LogP contribution is 2.35. The fourth-order valence-corrected chi connectivity index (χ4v) is 6.21. The van der Waals surface area contributed by atoms with Crippen molar-refractivity contribution in [2.24, 2.45) is 0 Å². The molecule has 8 nitrogen and oxygen atoms in total. The maximum atomic E-state index is 13.7. The van der Waals surface area contributed by atoms with Gasteiger partial charge >= 0.3 is 12.0 Å². The molecule has 0 aromatic heterocycles. The summed E-state index contributed by atoms with van der Waals surface area (Å²) in [6, 6.07) is 17.7. The summed E-state index contributed by atoms with van der Waals surface area (Å²) < 4.78 is 33.6. The number of anilines is 3. The molecule has 11 heteroatoms. The molecule has 3 aromatic rings. The molecular formula is C27H27Cl2N3O5S. The highest BCUT2D eigenvalue weighted by molar-refractivity contribution is 7.92. The smallest absolute Gasteiger partial charge is 0.326 e. The van der Waals surface area contributed by atoms with Crippen LogP contribution in [0.5, 0.6) is 0 Å². The quantitative estimate of drug-likeness (QED) is 0.244. The van der Waals surface area contributed by atoms with Crippen LogP contribution in [0.3, 0.4) is 0 Å². The van der Waals surface area contributed by atoms with E-state index in [4.69, 9.17) is 27.9 Å². The van der Waals surface area contributed by atoms with E-state index in [1.807, 2.05) is 25.1 Å². The highest BCUT2D eigenvalue weighted by Gasteiger charge is 2.31. The molecule has 0 saturated carbocycles. The monoisotopic (exact) mass is 575 g/mol. The summed E-state index contributed by atoms with van der Waals surface area (Å²) >= 11 is 12.2. The molecule has 4 rings (SSSR count). The molecule has 0 fully saturated rings. The van der Waals surface area contributed by atoms with Crippen molar-refractivity contribution in [1.29, 1.82) is 0 Å². The van der Waals surface area contributed by atoms with Crippen molar-refractivity contribution in [3.63, 3.8) is 0 Å². The van der Waals surface area contributed by atoms with E-state index in [0.717, 1.165) is 16.3 Å². The first-order valence-corrected chi connectivity index (χ1v) is 14.3. The molecule has 1 aliphatic rings. The molecule has 0 unspecified atom stereocenters. The molecule has 0 radical (unpaired) electrons. The van der Waals surface area contributed by atoms with Crippen LogP contribution in [0.4, 0.5) is 21.9 Å². The van der Waals surface area contributed by atoms with E-state index in [9.17, 15) is 18.0 Å². The zero-order valence-electron chi connectivity index (χ0n) is 20.7. The van der Waals surface area contributed by atoms with Crippen LogP contribution in [-0.4, -0.2) is 40.1 Å². The van der Waals surface area contributed by atoms with Crippen LogP contribution in [0.15, 0.2) is 71.6 Å². The number of amides is 2. The summed E-state index contributed by atoms with van der Waals surface area (Å²) in [5.74, 6) is -0.681. The fraction of sp³-hybridized carbons (Fsp3) is 0.259. The van der Waals surface area contributed by atoms with E-state index in [1.54, 1.807) is 35.2 Å². The van der Waals surface area contributed by atoms with Gasteiger partial charge in [0, 0.05) is 28.0 Å². The zero-order chi connectivity index (χ0) is 27.3. The van der Waals surface area contributed by atoms with Crippen molar-refractivity contribution in [1.82, 2.24) is 0 Å². The van der Waals surface area contributed by atoms with Gasteiger partial charge in [0.2, 0.25) is 0 Å². The van der Waals surface area contributed by atoms with Gasteiger partial charge < -0.3 is 10.1 Å². The van der Waals surface area contributed by atoms with Crippen molar-refractivity contribution >= 4 is 62.3 Å². The van der Waals surface area contributed by atoms with Crippen molar-refractivity contribution in [3.05, 3.63) is 82.3 Å². The number of nitrogens with zero attached hydrogens (tertiary/aromatic N) is 2. The van der Waals surface area contributed by atoms with E-state index >= 15 is 0 Å². The molecule has 0 spiro atoms. The van der Waals surface area contributed by atoms with Gasteiger partial charge in [0.05, 0.1) is 17.2 Å². The summed E-state index contributed by atoms with van der Waals surface area (Å²) in [5.41, 5.74) is 2.37. The van der Waals surface area contributed by atoms with Crippen LogP contribution in [0.1, 0.15) is 25.3 Å². The van der Waals surface area contributed by atoms with E-state index in [0.29, 0.717) is 30.8 Å². The number of sulfonamides is 1. The number of ether oxygens (including phenoxy) is 1. The number of para-hydroxylation sites is 1. The Bertz CT molecular complexity index is 1410. The fourth-order valence-electron chi connectivity index (χ4n) is 4.08. The van der Waals surface area contributed by atoms with Gasteiger partial charge in [-0.25, -0.2) is 13.2 Å². The second-order valence-corrected chi connectivity index (χ2v) is 11.4. The minimum absolute atomic E-state index is 0.149. The third-order valence-corrected chi connectivity index (χ3v) is 8.16. The second kappa shape index (κ2) is 12.1. The van der Waals surface area contributed by atoms with Crippen molar-refractivity contribution < 1.29 is 22.7 Å². The number of carbonyl (C=O) groups excluding carboxylic acids is 2. The lowest BCUT2D eigenvalue weighted by molar-refractivity contribution is -0.141. The summed E-state index contributed by atoms with van der Waals surface area (Å²) in [4.78, 5) is 27.0. The number of carbonyl (C=O) groups is 2. The predicted octanol–water partition coefficient (Wildman–Crippen LogP) is 6.13.